The molecule has 132 valence electrons. The van der Waals surface area contributed by atoms with Gasteiger partial charge in [0.2, 0.25) is 0 Å². The topological polar surface area (TPSA) is 53.0 Å². The molecular formula is C18H26N2O3S. The molecule has 2 saturated heterocycles. The van der Waals surface area contributed by atoms with Crippen LogP contribution in [0, 0.1) is 0 Å². The lowest BCUT2D eigenvalue weighted by Crippen LogP contribution is -2.50. The second kappa shape index (κ2) is 8.34. The Morgan fingerprint density at radius 3 is 2.58 bits per heavy atom. The maximum atomic E-state index is 11.9. The van der Waals surface area contributed by atoms with E-state index in [9.17, 15) is 9.90 Å². The first-order valence-corrected chi connectivity index (χ1v) is 9.84. The fourth-order valence-corrected chi connectivity index (χ4v) is 4.24. The zero-order chi connectivity index (χ0) is 16.9. The maximum Gasteiger partial charge on any atom is 0.325 e. The van der Waals surface area contributed by atoms with Crippen molar-refractivity contribution >= 4 is 17.7 Å². The number of nitrogens with zero attached hydrogens (tertiary/aromatic N) is 2. The average molecular weight is 350 g/mol. The number of thioether (sulfide) groups is 1. The molecule has 0 saturated carbocycles. The van der Waals surface area contributed by atoms with Crippen molar-refractivity contribution in [2.45, 2.75) is 29.8 Å². The van der Waals surface area contributed by atoms with E-state index < -0.39 is 12.0 Å². The van der Waals surface area contributed by atoms with Crippen LogP contribution in [-0.4, -0.2) is 72.6 Å². The third-order valence-corrected chi connectivity index (χ3v) is 5.80. The van der Waals surface area contributed by atoms with Gasteiger partial charge in [-0.1, -0.05) is 12.1 Å². The molecule has 0 radical (unpaired) electrons. The highest BCUT2D eigenvalue weighted by atomic mass is 32.2. The Labute approximate surface area is 148 Å². The number of carbonyl (C=O) groups is 1. The molecule has 2 aliphatic rings. The van der Waals surface area contributed by atoms with Crippen LogP contribution in [0.15, 0.2) is 29.2 Å². The molecule has 0 bridgehead atoms. The Bertz CT molecular complexity index is 555. The largest absolute Gasteiger partial charge is 0.480 e. The minimum atomic E-state index is -0.752. The van der Waals surface area contributed by atoms with E-state index in [4.69, 9.17) is 4.74 Å². The van der Waals surface area contributed by atoms with Crippen molar-refractivity contribution in [2.75, 3.05) is 45.6 Å². The van der Waals surface area contributed by atoms with Gasteiger partial charge in [-0.2, -0.15) is 0 Å². The Morgan fingerprint density at radius 1 is 1.25 bits per heavy atom. The zero-order valence-electron chi connectivity index (χ0n) is 14.2. The van der Waals surface area contributed by atoms with Crippen molar-refractivity contribution in [2.24, 2.45) is 0 Å². The summed E-state index contributed by atoms with van der Waals surface area (Å²) in [4.78, 5) is 17.6. The molecule has 0 aliphatic carbocycles. The van der Waals surface area contributed by atoms with Crippen LogP contribution < -0.4 is 0 Å². The summed E-state index contributed by atoms with van der Waals surface area (Å²) in [6.07, 6.45) is 4.08. The molecule has 2 heterocycles. The summed E-state index contributed by atoms with van der Waals surface area (Å²) < 4.78 is 5.43. The van der Waals surface area contributed by atoms with Gasteiger partial charge in [-0.25, -0.2) is 0 Å². The number of aliphatic carboxylic acids is 1. The van der Waals surface area contributed by atoms with Crippen LogP contribution in [0.3, 0.4) is 0 Å². The molecule has 2 aliphatic heterocycles. The van der Waals surface area contributed by atoms with Crippen LogP contribution in [0.2, 0.25) is 0 Å². The number of carboxylic acids is 1. The first-order chi connectivity index (χ1) is 11.7. The van der Waals surface area contributed by atoms with Gasteiger partial charge in [0, 0.05) is 37.1 Å². The number of ether oxygens (including phenoxy) is 1. The van der Waals surface area contributed by atoms with Gasteiger partial charge in [0.05, 0.1) is 13.2 Å². The van der Waals surface area contributed by atoms with Crippen LogP contribution in [0.1, 0.15) is 24.4 Å². The molecule has 0 spiro atoms. The second-order valence-electron chi connectivity index (χ2n) is 6.43. The minimum Gasteiger partial charge on any atom is -0.480 e. The van der Waals surface area contributed by atoms with Gasteiger partial charge in [0.1, 0.15) is 6.04 Å². The SMILES string of the molecule is CSc1cccc(C(C(=O)O)N2CCC(N3CCOCC3)CC2)c1. The van der Waals surface area contributed by atoms with E-state index in [2.05, 4.69) is 9.80 Å². The quantitative estimate of drug-likeness (QED) is 0.823. The minimum absolute atomic E-state index is 0.539. The Kier molecular flexibility index (Phi) is 6.16. The lowest BCUT2D eigenvalue weighted by atomic mass is 9.98. The molecule has 1 unspecified atom stereocenters. The van der Waals surface area contributed by atoms with E-state index in [1.165, 1.54) is 0 Å². The van der Waals surface area contributed by atoms with Gasteiger partial charge in [0.15, 0.2) is 0 Å². The molecule has 3 rings (SSSR count). The summed E-state index contributed by atoms with van der Waals surface area (Å²) >= 11 is 1.65. The number of rotatable bonds is 5. The highest BCUT2D eigenvalue weighted by Gasteiger charge is 2.33. The third kappa shape index (κ3) is 4.11. The summed E-state index contributed by atoms with van der Waals surface area (Å²) in [5, 5.41) is 9.78. The van der Waals surface area contributed by atoms with Crippen LogP contribution in [0.25, 0.3) is 0 Å². The number of piperidine rings is 1. The normalized spacial score (nSPS) is 22.4. The van der Waals surface area contributed by atoms with E-state index in [0.717, 1.165) is 62.7 Å². The maximum absolute atomic E-state index is 11.9. The van der Waals surface area contributed by atoms with Gasteiger partial charge >= 0.3 is 5.97 Å². The molecule has 1 aromatic rings. The molecule has 1 N–H and O–H groups in total. The molecule has 5 nitrogen and oxygen atoms in total. The predicted molar refractivity (Wildman–Crippen MR) is 95.6 cm³/mol. The number of benzene rings is 1. The van der Waals surface area contributed by atoms with E-state index in [0.29, 0.717) is 6.04 Å². The number of hydrogen-bond acceptors (Lipinski definition) is 5. The van der Waals surface area contributed by atoms with Crippen molar-refractivity contribution in [3.8, 4) is 0 Å². The monoisotopic (exact) mass is 350 g/mol. The van der Waals surface area contributed by atoms with Crippen molar-refractivity contribution in [1.82, 2.24) is 9.80 Å². The highest BCUT2D eigenvalue weighted by molar-refractivity contribution is 7.98. The third-order valence-electron chi connectivity index (χ3n) is 5.07. The summed E-state index contributed by atoms with van der Waals surface area (Å²) in [5.41, 5.74) is 0.888. The smallest absolute Gasteiger partial charge is 0.325 e. The molecule has 2 fully saturated rings. The number of likely N-dealkylation sites (tertiary alicyclic amines) is 1. The average Bonchev–Trinajstić information content (AvgIpc) is 2.63. The molecule has 6 heteroatoms. The standard InChI is InChI=1S/C18H26N2O3S/c1-24-16-4-2-3-14(13-16)17(18(21)22)20-7-5-15(6-8-20)19-9-11-23-12-10-19/h2-4,13,15,17H,5-12H2,1H3,(H,21,22). The Balaban J connectivity index is 1.66. The van der Waals surface area contributed by atoms with Crippen LogP contribution >= 0.6 is 11.8 Å². The second-order valence-corrected chi connectivity index (χ2v) is 7.31. The van der Waals surface area contributed by atoms with Gasteiger partial charge < -0.3 is 9.84 Å². The molecule has 0 amide bonds. The van der Waals surface area contributed by atoms with E-state index in [-0.39, 0.29) is 0 Å². The van der Waals surface area contributed by atoms with Gasteiger partial charge in [0.25, 0.3) is 0 Å². The Hall–Kier alpha value is -1.08. The molecular weight excluding hydrogens is 324 g/mol. The summed E-state index contributed by atoms with van der Waals surface area (Å²) in [7, 11) is 0. The molecule has 0 aromatic heterocycles. The van der Waals surface area contributed by atoms with Gasteiger partial charge in [-0.05, 0) is 36.8 Å². The molecule has 1 aromatic carbocycles. The fraction of sp³-hybridized carbons (Fsp3) is 0.611. The number of hydrogen-bond donors (Lipinski definition) is 1. The van der Waals surface area contributed by atoms with Gasteiger partial charge in [-0.3, -0.25) is 14.6 Å². The first-order valence-electron chi connectivity index (χ1n) is 8.61. The van der Waals surface area contributed by atoms with E-state index in [1.54, 1.807) is 11.8 Å². The predicted octanol–water partition coefficient (Wildman–Crippen LogP) is 2.33. The van der Waals surface area contributed by atoms with Crippen LogP contribution in [0.4, 0.5) is 0 Å². The lowest BCUT2D eigenvalue weighted by Gasteiger charge is -2.41. The van der Waals surface area contributed by atoms with Crippen molar-refractivity contribution < 1.29 is 14.6 Å². The summed E-state index contributed by atoms with van der Waals surface area (Å²) in [6, 6.07) is 7.96. The van der Waals surface area contributed by atoms with Crippen molar-refractivity contribution in [3.05, 3.63) is 29.8 Å². The lowest BCUT2D eigenvalue weighted by molar-refractivity contribution is -0.144. The summed E-state index contributed by atoms with van der Waals surface area (Å²) in [6.45, 7) is 5.31. The van der Waals surface area contributed by atoms with Crippen LogP contribution in [-0.2, 0) is 9.53 Å². The summed E-state index contributed by atoms with van der Waals surface area (Å²) in [5.74, 6) is -0.752. The zero-order valence-corrected chi connectivity index (χ0v) is 15.0. The molecule has 1 atom stereocenters. The number of morpholine rings is 1. The Morgan fingerprint density at radius 2 is 1.96 bits per heavy atom. The van der Waals surface area contributed by atoms with E-state index >= 15 is 0 Å². The number of carboxylic acid groups (broad SMARTS) is 1. The first kappa shape index (κ1) is 17.7. The van der Waals surface area contributed by atoms with Crippen molar-refractivity contribution in [3.63, 3.8) is 0 Å². The van der Waals surface area contributed by atoms with Crippen LogP contribution in [0.5, 0.6) is 0 Å². The molecule has 24 heavy (non-hydrogen) atoms. The van der Waals surface area contributed by atoms with E-state index in [1.807, 2.05) is 30.5 Å². The highest BCUT2D eigenvalue weighted by Crippen LogP contribution is 2.29. The van der Waals surface area contributed by atoms with Gasteiger partial charge in [-0.15, -0.1) is 11.8 Å². The fourth-order valence-electron chi connectivity index (χ4n) is 3.77. The van der Waals surface area contributed by atoms with Crippen molar-refractivity contribution in [1.29, 1.82) is 0 Å².